The number of carbonyl (C=O) groups excluding carboxylic acids is 1. The van der Waals surface area contributed by atoms with E-state index in [0.29, 0.717) is 12.4 Å². The molecule has 0 aliphatic heterocycles. The normalized spacial score (nSPS) is 10.2. The third kappa shape index (κ3) is 5.66. The Balaban J connectivity index is 1.83. The minimum atomic E-state index is -0.186. The molecule has 0 unspecified atom stereocenters. The maximum Gasteiger partial charge on any atom is 0.262 e. The Morgan fingerprint density at radius 3 is 2.35 bits per heavy atom. The van der Waals surface area contributed by atoms with Gasteiger partial charge in [0.15, 0.2) is 6.61 Å². The molecule has 1 N–H and O–H groups in total. The molecule has 0 fully saturated rings. The van der Waals surface area contributed by atoms with E-state index < -0.39 is 0 Å². The molecule has 2 aromatic carbocycles. The molecule has 122 valence electrons. The summed E-state index contributed by atoms with van der Waals surface area (Å²) in [4.78, 5) is 11.9. The van der Waals surface area contributed by atoms with Crippen molar-refractivity contribution in [2.75, 3.05) is 18.5 Å². The van der Waals surface area contributed by atoms with E-state index in [-0.39, 0.29) is 12.5 Å². The smallest absolute Gasteiger partial charge is 0.262 e. The molecule has 0 atom stereocenters. The van der Waals surface area contributed by atoms with Crippen molar-refractivity contribution in [3.8, 4) is 11.5 Å². The summed E-state index contributed by atoms with van der Waals surface area (Å²) in [6.45, 7) is 4.78. The van der Waals surface area contributed by atoms with Crippen LogP contribution in [0.2, 0.25) is 0 Å². The van der Waals surface area contributed by atoms with E-state index >= 15 is 0 Å². The summed E-state index contributed by atoms with van der Waals surface area (Å²) in [6, 6.07) is 15.1. The van der Waals surface area contributed by atoms with Crippen molar-refractivity contribution < 1.29 is 14.3 Å². The van der Waals surface area contributed by atoms with Gasteiger partial charge in [0, 0.05) is 11.8 Å². The van der Waals surface area contributed by atoms with Gasteiger partial charge in [0.25, 0.3) is 5.91 Å². The van der Waals surface area contributed by atoms with Gasteiger partial charge in [-0.05, 0) is 42.7 Å². The van der Waals surface area contributed by atoms with Crippen LogP contribution in [-0.4, -0.2) is 19.1 Å². The first-order valence-electron chi connectivity index (χ1n) is 7.95. The highest BCUT2D eigenvalue weighted by molar-refractivity contribution is 5.91. The van der Waals surface area contributed by atoms with Gasteiger partial charge in [-0.2, -0.15) is 0 Å². The van der Waals surface area contributed by atoms with Crippen molar-refractivity contribution in [1.29, 1.82) is 0 Å². The fourth-order valence-electron chi connectivity index (χ4n) is 2.04. The second kappa shape index (κ2) is 8.83. The monoisotopic (exact) mass is 313 g/mol. The van der Waals surface area contributed by atoms with E-state index in [4.69, 9.17) is 9.47 Å². The second-order valence-electron chi connectivity index (χ2n) is 5.21. The van der Waals surface area contributed by atoms with Crippen LogP contribution in [0.4, 0.5) is 5.69 Å². The van der Waals surface area contributed by atoms with Gasteiger partial charge in [0.2, 0.25) is 0 Å². The van der Waals surface area contributed by atoms with Crippen molar-refractivity contribution in [2.24, 2.45) is 0 Å². The van der Waals surface area contributed by atoms with E-state index in [1.54, 1.807) is 6.07 Å². The van der Waals surface area contributed by atoms with Crippen LogP contribution in [0.1, 0.15) is 25.8 Å². The molecule has 4 heteroatoms. The van der Waals surface area contributed by atoms with Gasteiger partial charge in [-0.1, -0.05) is 32.0 Å². The van der Waals surface area contributed by atoms with Crippen molar-refractivity contribution in [2.45, 2.75) is 26.7 Å². The third-order valence-electron chi connectivity index (χ3n) is 3.29. The number of benzene rings is 2. The predicted molar refractivity (Wildman–Crippen MR) is 92.2 cm³/mol. The molecular weight excluding hydrogens is 290 g/mol. The zero-order chi connectivity index (χ0) is 16.5. The van der Waals surface area contributed by atoms with Gasteiger partial charge in [0.1, 0.15) is 11.5 Å². The molecule has 0 heterocycles. The van der Waals surface area contributed by atoms with Crippen LogP contribution in [0.25, 0.3) is 0 Å². The zero-order valence-corrected chi connectivity index (χ0v) is 13.7. The molecule has 4 nitrogen and oxygen atoms in total. The number of carbonyl (C=O) groups is 1. The lowest BCUT2D eigenvalue weighted by molar-refractivity contribution is -0.118. The number of aryl methyl sites for hydroxylation is 1. The lowest BCUT2D eigenvalue weighted by atomic mass is 10.1. The van der Waals surface area contributed by atoms with Crippen LogP contribution in [0.5, 0.6) is 11.5 Å². The van der Waals surface area contributed by atoms with E-state index in [1.165, 1.54) is 5.56 Å². The maximum atomic E-state index is 11.9. The summed E-state index contributed by atoms with van der Waals surface area (Å²) in [5.74, 6) is 1.18. The predicted octanol–water partition coefficient (Wildman–Crippen LogP) is 4.06. The Bertz CT molecular complexity index is 623. The minimum absolute atomic E-state index is 0.0350. The van der Waals surface area contributed by atoms with Crippen LogP contribution in [-0.2, 0) is 11.2 Å². The van der Waals surface area contributed by atoms with Crippen LogP contribution in [0.3, 0.4) is 0 Å². The molecule has 0 aliphatic rings. The molecule has 0 saturated carbocycles. The molecule has 1 amide bonds. The van der Waals surface area contributed by atoms with E-state index in [0.717, 1.165) is 24.3 Å². The number of amides is 1. The Labute approximate surface area is 137 Å². The molecule has 0 aromatic heterocycles. The summed E-state index contributed by atoms with van der Waals surface area (Å²) in [6.07, 6.45) is 1.93. The van der Waals surface area contributed by atoms with E-state index in [9.17, 15) is 4.79 Å². The molecule has 0 saturated heterocycles. The molecule has 23 heavy (non-hydrogen) atoms. The third-order valence-corrected chi connectivity index (χ3v) is 3.29. The highest BCUT2D eigenvalue weighted by atomic mass is 16.5. The van der Waals surface area contributed by atoms with Gasteiger partial charge in [-0.25, -0.2) is 0 Å². The summed E-state index contributed by atoms with van der Waals surface area (Å²) in [5.41, 5.74) is 2.01. The van der Waals surface area contributed by atoms with Gasteiger partial charge >= 0.3 is 0 Å². The first-order valence-corrected chi connectivity index (χ1v) is 7.95. The Kier molecular flexibility index (Phi) is 6.48. The fourth-order valence-corrected chi connectivity index (χ4v) is 2.04. The van der Waals surface area contributed by atoms with E-state index in [1.807, 2.05) is 42.5 Å². The largest absolute Gasteiger partial charge is 0.493 e. The number of ether oxygens (including phenoxy) is 2. The molecule has 0 aliphatic carbocycles. The standard InChI is InChI=1S/C19H23NO3/c1-3-12-22-17-6-5-7-18(13-17)23-14-19(21)20-16-10-8-15(4-2)9-11-16/h5-11,13H,3-4,12,14H2,1-2H3,(H,20,21). The average molecular weight is 313 g/mol. The quantitative estimate of drug-likeness (QED) is 0.799. The van der Waals surface area contributed by atoms with Crippen molar-refractivity contribution in [3.05, 3.63) is 54.1 Å². The van der Waals surface area contributed by atoms with E-state index in [2.05, 4.69) is 19.2 Å². The van der Waals surface area contributed by atoms with Crippen LogP contribution in [0, 0.1) is 0 Å². The highest BCUT2D eigenvalue weighted by Crippen LogP contribution is 2.19. The number of nitrogens with one attached hydrogen (secondary N) is 1. The number of anilines is 1. The summed E-state index contributed by atoms with van der Waals surface area (Å²) < 4.78 is 11.1. The summed E-state index contributed by atoms with van der Waals surface area (Å²) in [5, 5.41) is 2.82. The van der Waals surface area contributed by atoms with Crippen LogP contribution in [0.15, 0.2) is 48.5 Å². The molecule has 0 bridgehead atoms. The van der Waals surface area contributed by atoms with Crippen molar-refractivity contribution >= 4 is 11.6 Å². The van der Waals surface area contributed by atoms with Gasteiger partial charge < -0.3 is 14.8 Å². The highest BCUT2D eigenvalue weighted by Gasteiger charge is 2.05. The van der Waals surface area contributed by atoms with Gasteiger partial charge in [-0.15, -0.1) is 0 Å². The van der Waals surface area contributed by atoms with Crippen molar-refractivity contribution in [1.82, 2.24) is 0 Å². The Hall–Kier alpha value is -2.49. The first kappa shape index (κ1) is 16.9. The lowest BCUT2D eigenvalue weighted by Gasteiger charge is -2.10. The lowest BCUT2D eigenvalue weighted by Crippen LogP contribution is -2.20. The number of rotatable bonds is 8. The number of hydrogen-bond acceptors (Lipinski definition) is 3. The molecular formula is C19H23NO3. The molecule has 0 spiro atoms. The zero-order valence-electron chi connectivity index (χ0n) is 13.7. The summed E-state index contributed by atoms with van der Waals surface area (Å²) in [7, 11) is 0. The first-order chi connectivity index (χ1) is 11.2. The average Bonchev–Trinajstić information content (AvgIpc) is 2.59. The minimum Gasteiger partial charge on any atom is -0.493 e. The van der Waals surface area contributed by atoms with Crippen LogP contribution < -0.4 is 14.8 Å². The molecule has 2 rings (SSSR count). The topological polar surface area (TPSA) is 47.6 Å². The Morgan fingerprint density at radius 2 is 1.70 bits per heavy atom. The van der Waals surface area contributed by atoms with Crippen LogP contribution >= 0.6 is 0 Å². The fraction of sp³-hybridized carbons (Fsp3) is 0.316. The SMILES string of the molecule is CCCOc1cccc(OCC(=O)Nc2ccc(CC)cc2)c1. The van der Waals surface area contributed by atoms with Gasteiger partial charge in [0.05, 0.1) is 6.61 Å². The maximum absolute atomic E-state index is 11.9. The molecule has 0 radical (unpaired) electrons. The molecule has 2 aromatic rings. The Morgan fingerprint density at radius 1 is 1.00 bits per heavy atom. The second-order valence-corrected chi connectivity index (χ2v) is 5.21. The van der Waals surface area contributed by atoms with Gasteiger partial charge in [-0.3, -0.25) is 4.79 Å². The number of hydrogen-bond donors (Lipinski definition) is 1. The summed E-state index contributed by atoms with van der Waals surface area (Å²) >= 11 is 0. The van der Waals surface area contributed by atoms with Crippen molar-refractivity contribution in [3.63, 3.8) is 0 Å².